The number of hydrogen-bond acceptors (Lipinski definition) is 6. The van der Waals surface area contributed by atoms with Crippen LogP contribution in [-0.2, 0) is 15.3 Å². The summed E-state index contributed by atoms with van der Waals surface area (Å²) in [6, 6.07) is 19.3. The highest BCUT2D eigenvalue weighted by atomic mass is 35.5. The predicted octanol–water partition coefficient (Wildman–Crippen LogP) is 5.10. The van der Waals surface area contributed by atoms with Crippen LogP contribution in [0.3, 0.4) is 0 Å². The molecular weight excluding hydrogens is 423 g/mol. The average molecular weight is 437 g/mol. The summed E-state index contributed by atoms with van der Waals surface area (Å²) in [5.41, 5.74) is -2.99. The van der Waals surface area contributed by atoms with Gasteiger partial charge in [0.2, 0.25) is 17.1 Å². The Labute approximate surface area is 183 Å². The number of fused-ring (bicyclic) bond motifs is 2. The predicted molar refractivity (Wildman–Crippen MR) is 108 cm³/mol. The monoisotopic (exact) mass is 436 g/mol. The van der Waals surface area contributed by atoms with Gasteiger partial charge in [0.1, 0.15) is 6.10 Å². The lowest BCUT2D eigenvalue weighted by atomic mass is 9.53. The van der Waals surface area contributed by atoms with Crippen LogP contribution in [0.5, 0.6) is 0 Å². The standard InChI is InChI=1S/C22H14Cl2N4O2/c1-13-21(12-27)19(28)30-22(13,15-5-3-7-17(24)9-15)29-18(20(21,10-25)11-26)14-4-2-6-16(23)8-14/h2-9,13,18,28H,1H3. The molecule has 4 unspecified atom stereocenters. The summed E-state index contributed by atoms with van der Waals surface area (Å²) in [6.07, 6.45) is -1.20. The smallest absolute Gasteiger partial charge is 0.244 e. The summed E-state index contributed by atoms with van der Waals surface area (Å²) in [4.78, 5) is 0. The molecule has 2 aliphatic heterocycles. The fourth-order valence-electron chi connectivity index (χ4n) is 4.54. The fourth-order valence-corrected chi connectivity index (χ4v) is 4.93. The summed E-state index contributed by atoms with van der Waals surface area (Å²) in [7, 11) is 0. The lowest BCUT2D eigenvalue weighted by Crippen LogP contribution is -2.57. The van der Waals surface area contributed by atoms with Crippen molar-refractivity contribution in [2.45, 2.75) is 18.8 Å². The highest BCUT2D eigenvalue weighted by molar-refractivity contribution is 6.30. The van der Waals surface area contributed by atoms with Crippen molar-refractivity contribution in [2.75, 3.05) is 0 Å². The van der Waals surface area contributed by atoms with Gasteiger partial charge in [-0.3, -0.25) is 5.41 Å². The Kier molecular flexibility index (Phi) is 4.53. The number of ether oxygens (including phenoxy) is 2. The van der Waals surface area contributed by atoms with Crippen LogP contribution in [0.4, 0.5) is 0 Å². The van der Waals surface area contributed by atoms with Gasteiger partial charge in [0.15, 0.2) is 5.41 Å². The molecule has 0 radical (unpaired) electrons. The van der Waals surface area contributed by atoms with Crippen LogP contribution in [0.25, 0.3) is 0 Å². The average Bonchev–Trinajstić information content (AvgIpc) is 2.90. The Hall–Kier alpha value is -3.08. The second-order valence-electron chi connectivity index (χ2n) is 7.34. The molecule has 0 aliphatic carbocycles. The van der Waals surface area contributed by atoms with Crippen molar-refractivity contribution < 1.29 is 9.47 Å². The molecule has 30 heavy (non-hydrogen) atoms. The van der Waals surface area contributed by atoms with Gasteiger partial charge in [0.05, 0.1) is 24.1 Å². The van der Waals surface area contributed by atoms with Crippen LogP contribution in [0.15, 0.2) is 48.5 Å². The molecule has 2 bridgehead atoms. The van der Waals surface area contributed by atoms with Crippen molar-refractivity contribution in [2.24, 2.45) is 16.7 Å². The number of rotatable bonds is 2. The van der Waals surface area contributed by atoms with Gasteiger partial charge in [-0.2, -0.15) is 15.8 Å². The molecule has 2 aliphatic rings. The first kappa shape index (κ1) is 20.2. The van der Waals surface area contributed by atoms with E-state index in [1.807, 2.05) is 12.1 Å². The topological polar surface area (TPSA) is 114 Å². The summed E-state index contributed by atoms with van der Waals surface area (Å²) in [5.74, 6) is -2.91. The van der Waals surface area contributed by atoms with Crippen LogP contribution >= 0.6 is 23.2 Å². The minimum absolute atomic E-state index is 0.380. The Morgan fingerprint density at radius 1 is 0.967 bits per heavy atom. The second-order valence-corrected chi connectivity index (χ2v) is 8.21. The van der Waals surface area contributed by atoms with Gasteiger partial charge in [0, 0.05) is 15.6 Å². The van der Waals surface area contributed by atoms with Gasteiger partial charge in [-0.05, 0) is 29.8 Å². The first-order valence-electron chi connectivity index (χ1n) is 9.02. The van der Waals surface area contributed by atoms with Gasteiger partial charge >= 0.3 is 0 Å². The quantitative estimate of drug-likeness (QED) is 0.702. The Bertz CT molecular complexity index is 1180. The number of hydrogen-bond donors (Lipinski definition) is 1. The summed E-state index contributed by atoms with van der Waals surface area (Å²) in [5, 5.41) is 40.0. The zero-order valence-corrected chi connectivity index (χ0v) is 17.2. The van der Waals surface area contributed by atoms with E-state index in [0.717, 1.165) is 0 Å². The maximum Gasteiger partial charge on any atom is 0.244 e. The summed E-state index contributed by atoms with van der Waals surface area (Å²) < 4.78 is 12.3. The Morgan fingerprint density at radius 2 is 1.60 bits per heavy atom. The maximum absolute atomic E-state index is 10.3. The zero-order valence-electron chi connectivity index (χ0n) is 15.7. The number of nitrogens with one attached hydrogen (secondary N) is 1. The Balaban J connectivity index is 2.06. The molecule has 2 aromatic rings. The largest absolute Gasteiger partial charge is 0.443 e. The lowest BCUT2D eigenvalue weighted by molar-refractivity contribution is -0.288. The van der Waals surface area contributed by atoms with E-state index in [-0.39, 0.29) is 0 Å². The van der Waals surface area contributed by atoms with Crippen molar-refractivity contribution in [3.05, 3.63) is 69.7 Å². The van der Waals surface area contributed by atoms with E-state index in [0.29, 0.717) is 21.2 Å². The number of halogens is 2. The third-order valence-electron chi connectivity index (χ3n) is 6.05. The first-order chi connectivity index (χ1) is 14.3. The van der Waals surface area contributed by atoms with Crippen molar-refractivity contribution in [3.63, 3.8) is 0 Å². The molecule has 6 nitrogen and oxygen atoms in total. The molecule has 0 spiro atoms. The maximum atomic E-state index is 10.3. The van der Waals surface area contributed by atoms with Crippen molar-refractivity contribution in [1.82, 2.24) is 0 Å². The Morgan fingerprint density at radius 3 is 2.17 bits per heavy atom. The first-order valence-corrected chi connectivity index (χ1v) is 9.78. The number of nitriles is 3. The van der Waals surface area contributed by atoms with Crippen LogP contribution < -0.4 is 0 Å². The second kappa shape index (κ2) is 6.73. The van der Waals surface area contributed by atoms with E-state index in [4.69, 9.17) is 38.1 Å². The minimum atomic E-state index is -2.04. The summed E-state index contributed by atoms with van der Waals surface area (Å²) in [6.45, 7) is 1.64. The van der Waals surface area contributed by atoms with Gasteiger partial charge < -0.3 is 9.47 Å². The molecule has 4 rings (SSSR count). The van der Waals surface area contributed by atoms with Gasteiger partial charge in [-0.15, -0.1) is 0 Å². The molecule has 2 heterocycles. The third-order valence-corrected chi connectivity index (χ3v) is 6.52. The molecule has 0 saturated carbocycles. The van der Waals surface area contributed by atoms with Crippen LogP contribution in [0.2, 0.25) is 10.0 Å². The molecular formula is C22H14Cl2N4O2. The number of nitrogens with zero attached hydrogens (tertiary/aromatic N) is 3. The van der Waals surface area contributed by atoms with E-state index in [1.54, 1.807) is 55.5 Å². The van der Waals surface area contributed by atoms with E-state index in [9.17, 15) is 15.8 Å². The van der Waals surface area contributed by atoms with Gasteiger partial charge in [-0.25, -0.2) is 0 Å². The molecule has 4 atom stereocenters. The highest BCUT2D eigenvalue weighted by Gasteiger charge is 2.79. The molecule has 2 aromatic carbocycles. The highest BCUT2D eigenvalue weighted by Crippen LogP contribution is 2.69. The van der Waals surface area contributed by atoms with E-state index in [2.05, 4.69) is 6.07 Å². The minimum Gasteiger partial charge on any atom is -0.443 e. The van der Waals surface area contributed by atoms with E-state index in [1.165, 1.54) is 0 Å². The molecule has 2 saturated heterocycles. The van der Waals surface area contributed by atoms with Crippen LogP contribution in [0.1, 0.15) is 24.2 Å². The molecule has 0 amide bonds. The molecule has 1 N–H and O–H groups in total. The van der Waals surface area contributed by atoms with Crippen LogP contribution in [-0.4, -0.2) is 5.90 Å². The van der Waals surface area contributed by atoms with Gasteiger partial charge in [-0.1, -0.05) is 54.4 Å². The molecule has 8 heteroatoms. The van der Waals surface area contributed by atoms with Crippen molar-refractivity contribution in [3.8, 4) is 18.2 Å². The van der Waals surface area contributed by atoms with E-state index < -0.39 is 34.5 Å². The SMILES string of the molecule is CC1C2(c3cccc(Cl)c3)OC(=N)C1(C#N)C(C#N)(C#N)C(c1cccc(Cl)c1)O2. The van der Waals surface area contributed by atoms with Crippen molar-refractivity contribution >= 4 is 29.1 Å². The molecule has 148 valence electrons. The van der Waals surface area contributed by atoms with Crippen LogP contribution in [0, 0.1) is 56.2 Å². The van der Waals surface area contributed by atoms with Gasteiger partial charge in [0.25, 0.3) is 0 Å². The zero-order chi connectivity index (χ0) is 21.7. The van der Waals surface area contributed by atoms with Crippen molar-refractivity contribution in [1.29, 1.82) is 21.2 Å². The van der Waals surface area contributed by atoms with E-state index >= 15 is 0 Å². The lowest BCUT2D eigenvalue weighted by Gasteiger charge is -2.48. The molecule has 0 aromatic heterocycles. The number of benzene rings is 2. The normalized spacial score (nSPS) is 31.1. The molecule has 2 fully saturated rings. The third kappa shape index (κ3) is 2.29. The fraction of sp³-hybridized carbons (Fsp3) is 0.273. The summed E-state index contributed by atoms with van der Waals surface area (Å²) >= 11 is 12.3.